The van der Waals surface area contributed by atoms with Gasteiger partial charge in [0.1, 0.15) is 0 Å². The average molecular weight is 286 g/mol. The van der Waals surface area contributed by atoms with E-state index in [1.807, 2.05) is 19.9 Å². The van der Waals surface area contributed by atoms with Gasteiger partial charge in [-0.3, -0.25) is 0 Å². The van der Waals surface area contributed by atoms with Gasteiger partial charge in [0.25, 0.3) is 0 Å². The van der Waals surface area contributed by atoms with Crippen LogP contribution in [0, 0.1) is 0 Å². The van der Waals surface area contributed by atoms with Crippen LogP contribution >= 0.6 is 0 Å². The van der Waals surface area contributed by atoms with Crippen molar-refractivity contribution < 1.29 is 5.11 Å². The van der Waals surface area contributed by atoms with Crippen LogP contribution in [-0.4, -0.2) is 5.11 Å². The summed E-state index contributed by atoms with van der Waals surface area (Å²) >= 11 is 0. The first-order valence-electron chi connectivity index (χ1n) is 7.61. The molecule has 0 amide bonds. The summed E-state index contributed by atoms with van der Waals surface area (Å²) < 4.78 is 0. The van der Waals surface area contributed by atoms with E-state index in [0.717, 1.165) is 5.56 Å². The SMILES string of the molecule is CC(C)(O)c1ccc2c(ccc3c4ccccc4ccc23)c1. The van der Waals surface area contributed by atoms with Crippen LogP contribution in [0.25, 0.3) is 32.3 Å². The first kappa shape index (κ1) is 13.3. The average Bonchev–Trinajstić information content (AvgIpc) is 2.52. The lowest BCUT2D eigenvalue weighted by atomic mass is 9.92. The summed E-state index contributed by atoms with van der Waals surface area (Å²) in [6.07, 6.45) is 0. The van der Waals surface area contributed by atoms with Crippen LogP contribution < -0.4 is 0 Å². The highest BCUT2D eigenvalue weighted by atomic mass is 16.3. The summed E-state index contributed by atoms with van der Waals surface area (Å²) in [5.41, 5.74) is 0.132. The van der Waals surface area contributed by atoms with Crippen molar-refractivity contribution in [3.63, 3.8) is 0 Å². The monoisotopic (exact) mass is 286 g/mol. The molecular formula is C21H18O. The highest BCUT2D eigenvalue weighted by Crippen LogP contribution is 2.33. The molecule has 0 radical (unpaired) electrons. The van der Waals surface area contributed by atoms with Crippen LogP contribution in [0.3, 0.4) is 0 Å². The predicted octanol–water partition coefficient (Wildman–Crippen LogP) is 5.37. The minimum absolute atomic E-state index is 0.813. The fourth-order valence-corrected chi connectivity index (χ4v) is 3.21. The third-order valence-electron chi connectivity index (χ3n) is 4.45. The van der Waals surface area contributed by atoms with Gasteiger partial charge in [0, 0.05) is 0 Å². The summed E-state index contributed by atoms with van der Waals surface area (Å²) in [4.78, 5) is 0. The van der Waals surface area contributed by atoms with Gasteiger partial charge in [0.15, 0.2) is 0 Å². The Kier molecular flexibility index (Phi) is 2.75. The Labute approximate surface area is 129 Å². The summed E-state index contributed by atoms with van der Waals surface area (Å²) in [5, 5.41) is 17.7. The van der Waals surface area contributed by atoms with Crippen molar-refractivity contribution in [3.8, 4) is 0 Å². The van der Waals surface area contributed by atoms with Crippen LogP contribution in [0.15, 0.2) is 66.7 Å². The molecule has 4 aromatic rings. The molecule has 0 aliphatic carbocycles. The Morgan fingerprint density at radius 3 is 1.95 bits per heavy atom. The fourth-order valence-electron chi connectivity index (χ4n) is 3.21. The molecule has 0 atom stereocenters. The highest BCUT2D eigenvalue weighted by molar-refractivity contribution is 6.17. The molecule has 0 aliphatic heterocycles. The number of rotatable bonds is 1. The van der Waals surface area contributed by atoms with Crippen molar-refractivity contribution >= 4 is 32.3 Å². The van der Waals surface area contributed by atoms with E-state index in [9.17, 15) is 5.11 Å². The molecule has 0 aromatic heterocycles. The van der Waals surface area contributed by atoms with Crippen LogP contribution in [0.4, 0.5) is 0 Å². The minimum atomic E-state index is -0.813. The number of fused-ring (bicyclic) bond motifs is 5. The Morgan fingerprint density at radius 2 is 1.23 bits per heavy atom. The molecule has 0 bridgehead atoms. The van der Waals surface area contributed by atoms with Gasteiger partial charge < -0.3 is 5.11 Å². The summed E-state index contributed by atoms with van der Waals surface area (Å²) in [5.74, 6) is 0. The van der Waals surface area contributed by atoms with Gasteiger partial charge >= 0.3 is 0 Å². The maximum Gasteiger partial charge on any atom is 0.0840 e. The molecule has 1 nitrogen and oxygen atoms in total. The second-order valence-electron chi connectivity index (χ2n) is 6.44. The molecule has 108 valence electrons. The van der Waals surface area contributed by atoms with E-state index in [1.165, 1.54) is 32.3 Å². The van der Waals surface area contributed by atoms with E-state index in [-0.39, 0.29) is 0 Å². The lowest BCUT2D eigenvalue weighted by Gasteiger charge is -2.18. The van der Waals surface area contributed by atoms with Crippen molar-refractivity contribution in [1.82, 2.24) is 0 Å². The lowest BCUT2D eigenvalue weighted by molar-refractivity contribution is 0.0787. The Morgan fingerprint density at radius 1 is 0.636 bits per heavy atom. The molecule has 1 N–H and O–H groups in total. The Hall–Kier alpha value is -2.38. The molecule has 0 unspecified atom stereocenters. The first-order valence-corrected chi connectivity index (χ1v) is 7.61. The second kappa shape index (κ2) is 4.56. The van der Waals surface area contributed by atoms with Crippen molar-refractivity contribution in [2.75, 3.05) is 0 Å². The van der Waals surface area contributed by atoms with Crippen LogP contribution in [0.1, 0.15) is 19.4 Å². The summed E-state index contributed by atoms with van der Waals surface area (Å²) in [6.45, 7) is 3.64. The van der Waals surface area contributed by atoms with Crippen LogP contribution in [-0.2, 0) is 5.60 Å². The summed E-state index contributed by atoms with van der Waals surface area (Å²) in [6, 6.07) is 23.4. The second-order valence-corrected chi connectivity index (χ2v) is 6.44. The zero-order valence-corrected chi connectivity index (χ0v) is 12.8. The van der Waals surface area contributed by atoms with Gasteiger partial charge in [-0.25, -0.2) is 0 Å². The van der Waals surface area contributed by atoms with Gasteiger partial charge in [0.2, 0.25) is 0 Å². The largest absolute Gasteiger partial charge is 0.386 e. The molecule has 0 saturated heterocycles. The third-order valence-corrected chi connectivity index (χ3v) is 4.45. The van der Waals surface area contributed by atoms with Gasteiger partial charge in [-0.2, -0.15) is 0 Å². The van der Waals surface area contributed by atoms with Gasteiger partial charge in [-0.15, -0.1) is 0 Å². The highest BCUT2D eigenvalue weighted by Gasteiger charge is 2.16. The molecule has 4 rings (SSSR count). The van der Waals surface area contributed by atoms with Gasteiger partial charge in [0.05, 0.1) is 5.60 Å². The maximum atomic E-state index is 10.2. The molecule has 0 spiro atoms. The smallest absolute Gasteiger partial charge is 0.0840 e. The minimum Gasteiger partial charge on any atom is -0.386 e. The molecule has 0 saturated carbocycles. The van der Waals surface area contributed by atoms with E-state index in [1.54, 1.807) is 0 Å². The number of benzene rings is 4. The molecule has 1 heteroatoms. The molecule has 0 aliphatic rings. The van der Waals surface area contributed by atoms with E-state index in [4.69, 9.17) is 0 Å². The quantitative estimate of drug-likeness (QED) is 0.466. The van der Waals surface area contributed by atoms with Gasteiger partial charge in [-0.1, -0.05) is 60.7 Å². The first-order chi connectivity index (χ1) is 10.5. The van der Waals surface area contributed by atoms with E-state index in [2.05, 4.69) is 60.7 Å². The topological polar surface area (TPSA) is 20.2 Å². The maximum absolute atomic E-state index is 10.2. The molecular weight excluding hydrogens is 268 g/mol. The number of aliphatic hydroxyl groups is 1. The van der Waals surface area contributed by atoms with Crippen LogP contribution in [0.2, 0.25) is 0 Å². The molecule has 4 aromatic carbocycles. The van der Waals surface area contributed by atoms with Crippen molar-refractivity contribution in [1.29, 1.82) is 0 Å². The van der Waals surface area contributed by atoms with E-state index in [0.29, 0.717) is 0 Å². The van der Waals surface area contributed by atoms with Crippen molar-refractivity contribution in [2.45, 2.75) is 19.4 Å². The van der Waals surface area contributed by atoms with E-state index < -0.39 is 5.60 Å². The van der Waals surface area contributed by atoms with Gasteiger partial charge in [-0.05, 0) is 57.8 Å². The molecule has 22 heavy (non-hydrogen) atoms. The zero-order chi connectivity index (χ0) is 15.3. The molecule has 0 fully saturated rings. The lowest BCUT2D eigenvalue weighted by Crippen LogP contribution is -2.14. The van der Waals surface area contributed by atoms with E-state index >= 15 is 0 Å². The number of hydrogen-bond donors (Lipinski definition) is 1. The normalized spacial score (nSPS) is 12.3. The number of hydrogen-bond acceptors (Lipinski definition) is 1. The molecule has 0 heterocycles. The zero-order valence-electron chi connectivity index (χ0n) is 12.8. The van der Waals surface area contributed by atoms with Crippen molar-refractivity contribution in [2.24, 2.45) is 0 Å². The van der Waals surface area contributed by atoms with Crippen LogP contribution in [0.5, 0.6) is 0 Å². The summed E-state index contributed by atoms with van der Waals surface area (Å²) in [7, 11) is 0. The predicted molar refractivity (Wildman–Crippen MR) is 94.2 cm³/mol. The Bertz CT molecular complexity index is 1010. The third kappa shape index (κ3) is 1.98. The fraction of sp³-hybridized carbons (Fsp3) is 0.143. The Balaban J connectivity index is 2.09. The standard InChI is InChI=1S/C21H18O/c1-21(2,22)16-9-12-18-15(13-16)8-11-19-17-6-4-3-5-14(17)7-10-20(18)19/h3-13,22H,1-2H3. The van der Waals surface area contributed by atoms with Crippen molar-refractivity contribution in [3.05, 3.63) is 72.3 Å².